The quantitative estimate of drug-likeness (QED) is 0.371. The predicted molar refractivity (Wildman–Crippen MR) is 108 cm³/mol. The topological polar surface area (TPSA) is 57.5 Å². The molecule has 5 atom stereocenters. The van der Waals surface area contributed by atoms with Gasteiger partial charge in [0.2, 0.25) is 0 Å². The van der Waals surface area contributed by atoms with E-state index in [9.17, 15) is 9.90 Å². The van der Waals surface area contributed by atoms with E-state index in [4.69, 9.17) is 5.11 Å². The minimum atomic E-state index is -0.670. The standard InChI is InChI=1S/C22H36O3S/c23-17(15-16-7-5-6-8-16)11-12-19-18(20-13-14-21(19)26-20)9-3-1-2-4-10-22(24)25/h11-12,16-21,23H,1-10,13-15H2,(H,24,25)/b12-11+/t17?,18-,19+,20-,21+/m0/s1. The first-order chi connectivity index (χ1) is 12.6. The number of rotatable bonds is 11. The molecule has 2 saturated heterocycles. The molecule has 4 heteroatoms. The monoisotopic (exact) mass is 380 g/mol. The molecule has 0 aromatic heterocycles. The van der Waals surface area contributed by atoms with E-state index in [2.05, 4.69) is 23.9 Å². The van der Waals surface area contributed by atoms with Crippen molar-refractivity contribution in [3.8, 4) is 0 Å². The van der Waals surface area contributed by atoms with Crippen LogP contribution in [0.1, 0.15) is 83.5 Å². The third-order valence-corrected chi connectivity index (χ3v) is 8.60. The van der Waals surface area contributed by atoms with Crippen LogP contribution in [0.25, 0.3) is 0 Å². The van der Waals surface area contributed by atoms with Gasteiger partial charge in [0.1, 0.15) is 0 Å². The smallest absolute Gasteiger partial charge is 0.303 e. The largest absolute Gasteiger partial charge is 0.481 e. The lowest BCUT2D eigenvalue weighted by Gasteiger charge is -2.28. The molecule has 2 N–H and O–H groups in total. The third kappa shape index (κ3) is 5.76. The highest BCUT2D eigenvalue weighted by Gasteiger charge is 2.46. The van der Waals surface area contributed by atoms with Crippen molar-refractivity contribution in [1.82, 2.24) is 0 Å². The molecule has 148 valence electrons. The normalized spacial score (nSPS) is 32.7. The van der Waals surface area contributed by atoms with Gasteiger partial charge >= 0.3 is 5.97 Å². The minimum Gasteiger partial charge on any atom is -0.481 e. The second-order valence-electron chi connectivity index (χ2n) is 8.72. The number of aliphatic carboxylic acids is 1. The Morgan fingerprint density at radius 2 is 1.77 bits per heavy atom. The summed E-state index contributed by atoms with van der Waals surface area (Å²) in [5.74, 6) is 1.49. The van der Waals surface area contributed by atoms with E-state index in [1.54, 1.807) is 0 Å². The summed E-state index contributed by atoms with van der Waals surface area (Å²) in [6, 6.07) is 0. The molecule has 0 spiro atoms. The highest BCUT2D eigenvalue weighted by atomic mass is 32.2. The molecule has 0 amide bonds. The van der Waals surface area contributed by atoms with E-state index in [1.807, 2.05) is 0 Å². The Bertz CT molecular complexity index is 472. The van der Waals surface area contributed by atoms with Crippen LogP contribution in [0, 0.1) is 17.8 Å². The zero-order valence-corrected chi connectivity index (χ0v) is 16.8. The number of carboxylic acid groups (broad SMARTS) is 1. The van der Waals surface area contributed by atoms with Gasteiger partial charge in [0.05, 0.1) is 6.10 Å². The van der Waals surface area contributed by atoms with Crippen molar-refractivity contribution in [3.05, 3.63) is 12.2 Å². The van der Waals surface area contributed by atoms with E-state index in [-0.39, 0.29) is 6.10 Å². The predicted octanol–water partition coefficient (Wildman–Crippen LogP) is 5.42. The summed E-state index contributed by atoms with van der Waals surface area (Å²) < 4.78 is 0. The Morgan fingerprint density at radius 3 is 2.54 bits per heavy atom. The Balaban J connectivity index is 1.41. The van der Waals surface area contributed by atoms with Crippen molar-refractivity contribution < 1.29 is 15.0 Å². The van der Waals surface area contributed by atoms with E-state index in [0.29, 0.717) is 12.3 Å². The van der Waals surface area contributed by atoms with Gasteiger partial charge < -0.3 is 10.2 Å². The van der Waals surface area contributed by atoms with Crippen LogP contribution < -0.4 is 0 Å². The molecule has 2 aliphatic heterocycles. The van der Waals surface area contributed by atoms with Crippen LogP contribution >= 0.6 is 11.8 Å². The molecule has 3 aliphatic rings. The Morgan fingerprint density at radius 1 is 1.04 bits per heavy atom. The summed E-state index contributed by atoms with van der Waals surface area (Å²) >= 11 is 2.19. The van der Waals surface area contributed by atoms with Crippen molar-refractivity contribution in [3.63, 3.8) is 0 Å². The van der Waals surface area contributed by atoms with Gasteiger partial charge in [0.15, 0.2) is 0 Å². The van der Waals surface area contributed by atoms with Gasteiger partial charge in [-0.2, -0.15) is 11.8 Å². The van der Waals surface area contributed by atoms with Crippen molar-refractivity contribution in [1.29, 1.82) is 0 Å². The van der Waals surface area contributed by atoms with Crippen molar-refractivity contribution in [2.75, 3.05) is 0 Å². The fourth-order valence-corrected chi connectivity index (χ4v) is 7.38. The summed E-state index contributed by atoms with van der Waals surface area (Å²) in [6.07, 6.45) is 19.0. The van der Waals surface area contributed by atoms with Crippen LogP contribution in [0.2, 0.25) is 0 Å². The van der Waals surface area contributed by atoms with E-state index >= 15 is 0 Å². The van der Waals surface area contributed by atoms with Crippen molar-refractivity contribution in [2.45, 2.75) is 100 Å². The van der Waals surface area contributed by atoms with Gasteiger partial charge in [0, 0.05) is 16.9 Å². The third-order valence-electron chi connectivity index (χ3n) is 6.77. The Kier molecular flexibility index (Phi) is 7.92. The van der Waals surface area contributed by atoms with Crippen LogP contribution in [-0.2, 0) is 4.79 Å². The molecule has 2 heterocycles. The van der Waals surface area contributed by atoms with E-state index in [0.717, 1.165) is 48.0 Å². The number of carbonyl (C=O) groups is 1. The lowest BCUT2D eigenvalue weighted by atomic mass is 9.76. The molecule has 3 fully saturated rings. The van der Waals surface area contributed by atoms with E-state index in [1.165, 1.54) is 51.4 Å². The number of thioether (sulfide) groups is 1. The molecule has 3 nitrogen and oxygen atoms in total. The Labute approximate surface area is 163 Å². The SMILES string of the molecule is O=C(O)CCCCCC[C@H]1[C@@H](/C=C/C(O)CC2CCCC2)[C@H]2CC[C@@H]1S2. The molecule has 26 heavy (non-hydrogen) atoms. The number of carboxylic acids is 1. The highest BCUT2D eigenvalue weighted by molar-refractivity contribution is 8.01. The molecule has 3 rings (SSSR count). The van der Waals surface area contributed by atoms with Gasteiger partial charge in [-0.05, 0) is 49.9 Å². The molecule has 0 radical (unpaired) electrons. The molecule has 1 unspecified atom stereocenters. The van der Waals surface area contributed by atoms with Crippen LogP contribution in [0.15, 0.2) is 12.2 Å². The maximum Gasteiger partial charge on any atom is 0.303 e. The Hall–Kier alpha value is -0.480. The number of hydrogen-bond donors (Lipinski definition) is 2. The van der Waals surface area contributed by atoms with Gasteiger partial charge in [0.25, 0.3) is 0 Å². The first-order valence-corrected chi connectivity index (χ1v) is 11.8. The van der Waals surface area contributed by atoms with Gasteiger partial charge in [-0.1, -0.05) is 57.1 Å². The average Bonchev–Trinajstić information content (AvgIpc) is 3.33. The van der Waals surface area contributed by atoms with Gasteiger partial charge in [-0.25, -0.2) is 0 Å². The molecular formula is C22H36O3S. The zero-order valence-electron chi connectivity index (χ0n) is 16.0. The first-order valence-electron chi connectivity index (χ1n) is 10.9. The highest BCUT2D eigenvalue weighted by Crippen LogP contribution is 2.55. The first kappa shape index (κ1) is 20.3. The van der Waals surface area contributed by atoms with Crippen LogP contribution in [0.3, 0.4) is 0 Å². The summed E-state index contributed by atoms with van der Waals surface area (Å²) in [5, 5.41) is 20.7. The summed E-state index contributed by atoms with van der Waals surface area (Å²) in [5.41, 5.74) is 0. The molecule has 2 bridgehead atoms. The molecule has 0 aromatic carbocycles. The van der Waals surface area contributed by atoms with Crippen molar-refractivity contribution >= 4 is 17.7 Å². The van der Waals surface area contributed by atoms with Gasteiger partial charge in [-0.15, -0.1) is 0 Å². The van der Waals surface area contributed by atoms with E-state index < -0.39 is 5.97 Å². The van der Waals surface area contributed by atoms with Crippen LogP contribution in [0.4, 0.5) is 0 Å². The number of allylic oxidation sites excluding steroid dienone is 1. The fourth-order valence-electron chi connectivity index (χ4n) is 5.39. The van der Waals surface area contributed by atoms with Crippen LogP contribution in [0.5, 0.6) is 0 Å². The van der Waals surface area contributed by atoms with Gasteiger partial charge in [-0.3, -0.25) is 4.79 Å². The molecule has 1 saturated carbocycles. The molecule has 0 aromatic rings. The number of hydrogen-bond acceptors (Lipinski definition) is 3. The minimum absolute atomic E-state index is 0.251. The number of fused-ring (bicyclic) bond motifs is 2. The lowest BCUT2D eigenvalue weighted by molar-refractivity contribution is -0.137. The summed E-state index contributed by atoms with van der Waals surface area (Å²) in [4.78, 5) is 10.6. The zero-order chi connectivity index (χ0) is 18.4. The number of aliphatic hydroxyl groups is 1. The maximum atomic E-state index is 10.6. The number of unbranched alkanes of at least 4 members (excludes halogenated alkanes) is 3. The van der Waals surface area contributed by atoms with Crippen molar-refractivity contribution in [2.24, 2.45) is 17.8 Å². The summed E-state index contributed by atoms with van der Waals surface area (Å²) in [6.45, 7) is 0. The van der Waals surface area contributed by atoms with Crippen LogP contribution in [-0.4, -0.2) is 32.8 Å². The lowest BCUT2D eigenvalue weighted by Crippen LogP contribution is -2.26. The molecular weight excluding hydrogens is 344 g/mol. The average molecular weight is 381 g/mol. The fraction of sp³-hybridized carbons (Fsp3) is 0.864. The maximum absolute atomic E-state index is 10.6. The second kappa shape index (κ2) is 10.2. The summed E-state index contributed by atoms with van der Waals surface area (Å²) in [7, 11) is 0. The number of aliphatic hydroxyl groups excluding tert-OH is 1. The second-order valence-corrected chi connectivity index (χ2v) is 10.2. The molecule has 1 aliphatic carbocycles.